The van der Waals surface area contributed by atoms with Gasteiger partial charge >= 0.3 is 0 Å². The van der Waals surface area contributed by atoms with Gasteiger partial charge in [0, 0.05) is 5.56 Å². The fourth-order valence-electron chi connectivity index (χ4n) is 4.55. The third-order valence-electron chi connectivity index (χ3n) is 6.89. The summed E-state index contributed by atoms with van der Waals surface area (Å²) in [7, 11) is 0. The van der Waals surface area contributed by atoms with Gasteiger partial charge in [-0.15, -0.1) is 0 Å². The van der Waals surface area contributed by atoms with Crippen molar-refractivity contribution in [3.05, 3.63) is 142 Å². The molecule has 38 heavy (non-hydrogen) atoms. The summed E-state index contributed by atoms with van der Waals surface area (Å²) >= 11 is 0. The van der Waals surface area contributed by atoms with Gasteiger partial charge in [0.15, 0.2) is 5.60 Å². The van der Waals surface area contributed by atoms with Crippen molar-refractivity contribution in [1.29, 1.82) is 0 Å². The molecule has 1 unspecified atom stereocenters. The SMILES string of the molecule is CCC(c1ccc(C)cc1)N(NC(=O)C(O)(c1ccc(C)cc1)c1ccc(C)cc1)C(=O)c1ccccc1. The molecule has 0 saturated heterocycles. The molecule has 0 spiro atoms. The molecule has 4 aromatic carbocycles. The van der Waals surface area contributed by atoms with Crippen LogP contribution in [0.5, 0.6) is 0 Å². The number of nitrogens with zero attached hydrogens (tertiary/aromatic N) is 1. The zero-order valence-electron chi connectivity index (χ0n) is 22.3. The van der Waals surface area contributed by atoms with Gasteiger partial charge in [-0.05, 0) is 56.0 Å². The van der Waals surface area contributed by atoms with E-state index in [2.05, 4.69) is 5.43 Å². The summed E-state index contributed by atoms with van der Waals surface area (Å²) in [5.74, 6) is -1.07. The highest BCUT2D eigenvalue weighted by Gasteiger charge is 2.42. The minimum absolute atomic E-state index is 0.360. The van der Waals surface area contributed by atoms with E-state index >= 15 is 0 Å². The quantitative estimate of drug-likeness (QED) is 0.295. The molecule has 0 aromatic heterocycles. The summed E-state index contributed by atoms with van der Waals surface area (Å²) in [6.45, 7) is 7.86. The summed E-state index contributed by atoms with van der Waals surface area (Å²) in [5.41, 5.74) is 6.08. The fraction of sp³-hybridized carbons (Fsp3) is 0.212. The van der Waals surface area contributed by atoms with Crippen molar-refractivity contribution in [2.45, 2.75) is 45.8 Å². The van der Waals surface area contributed by atoms with Crippen LogP contribution >= 0.6 is 0 Å². The minimum atomic E-state index is -2.03. The largest absolute Gasteiger partial charge is 0.372 e. The standard InChI is InChI=1S/C33H34N2O3/c1-5-30(26-17-11-23(2)12-18-26)35(31(36)27-9-7-6-8-10-27)34-32(37)33(38,28-19-13-24(3)14-20-28)29-21-15-25(4)16-22-29/h6-22,30,38H,5H2,1-4H3,(H,34,37). The van der Waals surface area contributed by atoms with Gasteiger partial charge in [-0.3, -0.25) is 15.0 Å². The van der Waals surface area contributed by atoms with E-state index in [1.807, 2.05) is 82.3 Å². The number of aliphatic hydroxyl groups is 1. The van der Waals surface area contributed by atoms with E-state index in [1.54, 1.807) is 48.5 Å². The van der Waals surface area contributed by atoms with Crippen molar-refractivity contribution < 1.29 is 14.7 Å². The van der Waals surface area contributed by atoms with Crippen LogP contribution < -0.4 is 5.43 Å². The number of benzene rings is 4. The molecule has 0 fully saturated rings. The average Bonchev–Trinajstić information content (AvgIpc) is 2.94. The average molecular weight is 507 g/mol. The summed E-state index contributed by atoms with van der Waals surface area (Å²) < 4.78 is 0. The maximum absolute atomic E-state index is 14.1. The highest BCUT2D eigenvalue weighted by atomic mass is 16.3. The zero-order valence-corrected chi connectivity index (χ0v) is 22.3. The number of nitrogens with one attached hydrogen (secondary N) is 1. The highest BCUT2D eigenvalue weighted by molar-refractivity contribution is 5.97. The minimum Gasteiger partial charge on any atom is -0.372 e. The Bertz CT molecular complexity index is 1330. The molecule has 5 nitrogen and oxygen atoms in total. The van der Waals surface area contributed by atoms with Gasteiger partial charge < -0.3 is 5.11 Å². The number of hydrogen-bond donors (Lipinski definition) is 2. The van der Waals surface area contributed by atoms with Crippen LogP contribution in [0.2, 0.25) is 0 Å². The maximum Gasteiger partial charge on any atom is 0.279 e. The molecule has 0 saturated carbocycles. The molecule has 2 N–H and O–H groups in total. The normalized spacial score (nSPS) is 12.0. The molecule has 0 heterocycles. The molecule has 4 aromatic rings. The topological polar surface area (TPSA) is 69.6 Å². The van der Waals surface area contributed by atoms with Crippen LogP contribution in [0.3, 0.4) is 0 Å². The summed E-state index contributed by atoms with van der Waals surface area (Å²) in [6, 6.07) is 30.7. The lowest BCUT2D eigenvalue weighted by molar-refractivity contribution is -0.142. The Kier molecular flexibility index (Phi) is 8.08. The Morgan fingerprint density at radius 3 is 1.63 bits per heavy atom. The first-order chi connectivity index (χ1) is 18.2. The number of rotatable bonds is 7. The molecule has 194 valence electrons. The lowest BCUT2D eigenvalue weighted by Crippen LogP contribution is -2.55. The Hall–Kier alpha value is -4.22. The summed E-state index contributed by atoms with van der Waals surface area (Å²) in [6.07, 6.45) is 0.551. The molecule has 1 atom stereocenters. The summed E-state index contributed by atoms with van der Waals surface area (Å²) in [5, 5.41) is 13.5. The van der Waals surface area contributed by atoms with Crippen LogP contribution in [0.25, 0.3) is 0 Å². The molecule has 5 heteroatoms. The number of aryl methyl sites for hydroxylation is 3. The second-order valence-electron chi connectivity index (χ2n) is 9.76. The van der Waals surface area contributed by atoms with Gasteiger partial charge in [-0.2, -0.15) is 0 Å². The highest BCUT2D eigenvalue weighted by Crippen LogP contribution is 2.32. The van der Waals surface area contributed by atoms with Gasteiger partial charge in [-0.1, -0.05) is 115 Å². The molecular weight excluding hydrogens is 472 g/mol. The van der Waals surface area contributed by atoms with Gasteiger partial charge in [0.05, 0.1) is 6.04 Å². The number of hydrogen-bond acceptors (Lipinski definition) is 3. The number of carbonyl (C=O) groups excluding carboxylic acids is 2. The molecule has 2 amide bonds. The molecule has 0 aliphatic carbocycles. The van der Waals surface area contributed by atoms with Gasteiger partial charge in [0.2, 0.25) is 0 Å². The Labute approximate surface area is 224 Å². The third kappa shape index (κ3) is 5.53. The lowest BCUT2D eigenvalue weighted by atomic mass is 9.85. The summed E-state index contributed by atoms with van der Waals surface area (Å²) in [4.78, 5) is 28.0. The molecule has 0 bridgehead atoms. The Balaban J connectivity index is 1.81. The van der Waals surface area contributed by atoms with Gasteiger partial charge in [-0.25, -0.2) is 5.01 Å². The fourth-order valence-corrected chi connectivity index (χ4v) is 4.55. The van der Waals surface area contributed by atoms with Crippen molar-refractivity contribution in [2.24, 2.45) is 0 Å². The number of carbonyl (C=O) groups is 2. The van der Waals surface area contributed by atoms with E-state index in [0.717, 1.165) is 22.3 Å². The monoisotopic (exact) mass is 506 g/mol. The van der Waals surface area contributed by atoms with Crippen molar-refractivity contribution in [1.82, 2.24) is 10.4 Å². The van der Waals surface area contributed by atoms with Crippen LogP contribution in [-0.2, 0) is 10.4 Å². The number of hydrazine groups is 1. The van der Waals surface area contributed by atoms with Crippen molar-refractivity contribution in [3.8, 4) is 0 Å². The Morgan fingerprint density at radius 2 is 1.18 bits per heavy atom. The van der Waals surface area contributed by atoms with E-state index in [4.69, 9.17) is 0 Å². The smallest absolute Gasteiger partial charge is 0.279 e. The molecule has 0 radical (unpaired) electrons. The first-order valence-corrected chi connectivity index (χ1v) is 12.9. The van der Waals surface area contributed by atoms with Crippen LogP contribution in [0, 0.1) is 20.8 Å². The van der Waals surface area contributed by atoms with Crippen molar-refractivity contribution in [3.63, 3.8) is 0 Å². The van der Waals surface area contributed by atoms with Crippen LogP contribution in [-0.4, -0.2) is 21.9 Å². The second kappa shape index (κ2) is 11.4. The maximum atomic E-state index is 14.1. The second-order valence-corrected chi connectivity index (χ2v) is 9.76. The molecule has 0 aliphatic heterocycles. The predicted molar refractivity (Wildman–Crippen MR) is 150 cm³/mol. The predicted octanol–water partition coefficient (Wildman–Crippen LogP) is 6.17. The van der Waals surface area contributed by atoms with Crippen LogP contribution in [0.15, 0.2) is 103 Å². The molecule has 0 aliphatic rings. The first-order valence-electron chi connectivity index (χ1n) is 12.9. The van der Waals surface area contributed by atoms with Gasteiger partial charge in [0.1, 0.15) is 0 Å². The van der Waals surface area contributed by atoms with E-state index in [-0.39, 0.29) is 5.91 Å². The zero-order chi connectivity index (χ0) is 27.3. The van der Waals surface area contributed by atoms with E-state index < -0.39 is 17.6 Å². The van der Waals surface area contributed by atoms with Crippen molar-refractivity contribution >= 4 is 11.8 Å². The van der Waals surface area contributed by atoms with Crippen molar-refractivity contribution in [2.75, 3.05) is 0 Å². The lowest BCUT2D eigenvalue weighted by Gasteiger charge is -2.36. The molecule has 4 rings (SSSR count). The van der Waals surface area contributed by atoms with E-state index in [1.165, 1.54) is 5.01 Å². The first kappa shape index (κ1) is 26.8. The van der Waals surface area contributed by atoms with E-state index in [0.29, 0.717) is 23.1 Å². The number of amides is 2. The van der Waals surface area contributed by atoms with E-state index in [9.17, 15) is 14.7 Å². The molecular formula is C33H34N2O3. The van der Waals surface area contributed by atoms with Crippen LogP contribution in [0.1, 0.15) is 63.1 Å². The van der Waals surface area contributed by atoms with Gasteiger partial charge in [0.25, 0.3) is 11.8 Å². The Morgan fingerprint density at radius 1 is 0.737 bits per heavy atom. The van der Waals surface area contributed by atoms with Crippen LogP contribution in [0.4, 0.5) is 0 Å². The third-order valence-corrected chi connectivity index (χ3v) is 6.89.